The zero-order chi connectivity index (χ0) is 12.8. The quantitative estimate of drug-likeness (QED) is 0.578. The zero-order valence-corrected chi connectivity index (χ0v) is 10.2. The lowest BCUT2D eigenvalue weighted by Crippen LogP contribution is -2.36. The minimum atomic E-state index is -0.187. The van der Waals surface area contributed by atoms with Crippen molar-refractivity contribution in [3.8, 4) is 11.8 Å². The van der Waals surface area contributed by atoms with E-state index < -0.39 is 0 Å². The molecule has 1 rings (SSSR count). The van der Waals surface area contributed by atoms with Crippen molar-refractivity contribution < 1.29 is 9.90 Å². The molecule has 0 fully saturated rings. The van der Waals surface area contributed by atoms with Crippen LogP contribution in [0.4, 0.5) is 0 Å². The number of nitrogens with zero attached hydrogens (tertiary/aromatic N) is 1. The number of rotatable bonds is 2. The molecule has 0 aliphatic carbocycles. The molecule has 1 aromatic rings. The summed E-state index contributed by atoms with van der Waals surface area (Å²) in [5.74, 6) is 5.23. The molecule has 0 aliphatic rings. The van der Waals surface area contributed by atoms with Gasteiger partial charge in [0.15, 0.2) is 0 Å². The van der Waals surface area contributed by atoms with Crippen LogP contribution in [0.25, 0.3) is 0 Å². The van der Waals surface area contributed by atoms with Crippen molar-refractivity contribution in [2.75, 3.05) is 20.7 Å². The molecule has 0 saturated heterocycles. The molecule has 2 N–H and O–H groups in total. The first-order chi connectivity index (χ1) is 8.06. The van der Waals surface area contributed by atoms with Crippen LogP contribution in [0.1, 0.15) is 21.5 Å². The highest BCUT2D eigenvalue weighted by molar-refractivity contribution is 5.95. The molecule has 0 atom stereocenters. The van der Waals surface area contributed by atoms with Crippen LogP contribution in [0.5, 0.6) is 0 Å². The molecule has 0 radical (unpaired) electrons. The highest BCUT2D eigenvalue weighted by atomic mass is 16.2. The molecule has 0 heterocycles. The maximum absolute atomic E-state index is 11.9. The normalized spacial score (nSPS) is 9.71. The second-order valence-electron chi connectivity index (χ2n) is 3.77. The number of aliphatic hydroxyl groups excluding tert-OH is 1. The molecule has 1 aromatic carbocycles. The van der Waals surface area contributed by atoms with Gasteiger partial charge in [-0.2, -0.15) is 0 Å². The summed E-state index contributed by atoms with van der Waals surface area (Å²) in [6, 6.07) is 5.35. The molecule has 0 aliphatic heterocycles. The average molecular weight is 232 g/mol. The van der Waals surface area contributed by atoms with Gasteiger partial charge in [-0.3, -0.25) is 10.2 Å². The van der Waals surface area contributed by atoms with Crippen LogP contribution < -0.4 is 5.43 Å². The minimum Gasteiger partial charge on any atom is -0.384 e. The van der Waals surface area contributed by atoms with Gasteiger partial charge in [0.1, 0.15) is 6.61 Å². The third-order valence-electron chi connectivity index (χ3n) is 2.21. The molecule has 1 amide bonds. The number of aliphatic hydroxyl groups is 1. The maximum atomic E-state index is 11.9. The number of benzene rings is 1. The van der Waals surface area contributed by atoms with Gasteiger partial charge in [-0.25, -0.2) is 5.01 Å². The van der Waals surface area contributed by atoms with E-state index in [-0.39, 0.29) is 12.5 Å². The third-order valence-corrected chi connectivity index (χ3v) is 2.21. The summed E-state index contributed by atoms with van der Waals surface area (Å²) in [7, 11) is 3.51. The Morgan fingerprint density at radius 3 is 2.76 bits per heavy atom. The van der Waals surface area contributed by atoms with Crippen LogP contribution in [0.3, 0.4) is 0 Å². The fourth-order valence-corrected chi connectivity index (χ4v) is 1.42. The van der Waals surface area contributed by atoms with E-state index in [0.29, 0.717) is 5.56 Å². The molecule has 0 saturated carbocycles. The Hall–Kier alpha value is -1.83. The molecule has 4 nitrogen and oxygen atoms in total. The Balaban J connectivity index is 3.06. The summed E-state index contributed by atoms with van der Waals surface area (Å²) in [5, 5.41) is 10.2. The maximum Gasteiger partial charge on any atom is 0.265 e. The van der Waals surface area contributed by atoms with Gasteiger partial charge < -0.3 is 5.11 Å². The van der Waals surface area contributed by atoms with E-state index in [9.17, 15) is 4.79 Å². The number of hydrazine groups is 1. The van der Waals surface area contributed by atoms with Crippen LogP contribution in [0.2, 0.25) is 0 Å². The lowest BCUT2D eigenvalue weighted by molar-refractivity contribution is 0.0856. The van der Waals surface area contributed by atoms with Crippen molar-refractivity contribution in [1.29, 1.82) is 0 Å². The number of hydrogen-bond acceptors (Lipinski definition) is 3. The molecule has 17 heavy (non-hydrogen) atoms. The van der Waals surface area contributed by atoms with Gasteiger partial charge >= 0.3 is 0 Å². The SMILES string of the molecule is Cc1c(C#CCO)cccc1C(=O)NN(C)C. The summed E-state index contributed by atoms with van der Waals surface area (Å²) < 4.78 is 0. The van der Waals surface area contributed by atoms with Crippen molar-refractivity contribution in [2.24, 2.45) is 0 Å². The fourth-order valence-electron chi connectivity index (χ4n) is 1.42. The lowest BCUT2D eigenvalue weighted by atomic mass is 10.0. The topological polar surface area (TPSA) is 52.6 Å². The van der Waals surface area contributed by atoms with Crippen LogP contribution >= 0.6 is 0 Å². The number of hydrogen-bond donors (Lipinski definition) is 2. The summed E-state index contributed by atoms with van der Waals surface area (Å²) >= 11 is 0. The monoisotopic (exact) mass is 232 g/mol. The number of carbonyl (C=O) groups is 1. The van der Waals surface area contributed by atoms with E-state index in [1.807, 2.05) is 13.0 Å². The fraction of sp³-hybridized carbons (Fsp3) is 0.308. The molecular weight excluding hydrogens is 216 g/mol. The van der Waals surface area contributed by atoms with E-state index in [1.54, 1.807) is 31.2 Å². The second kappa shape index (κ2) is 6.04. The Morgan fingerprint density at radius 1 is 1.47 bits per heavy atom. The van der Waals surface area contributed by atoms with Gasteiger partial charge in [-0.15, -0.1) is 0 Å². The number of nitrogens with one attached hydrogen (secondary N) is 1. The number of carbonyl (C=O) groups excluding carboxylic acids is 1. The van der Waals surface area contributed by atoms with Crippen molar-refractivity contribution in [3.63, 3.8) is 0 Å². The molecule has 0 aromatic heterocycles. The van der Waals surface area contributed by atoms with Crippen molar-refractivity contribution in [3.05, 3.63) is 34.9 Å². The smallest absolute Gasteiger partial charge is 0.265 e. The zero-order valence-electron chi connectivity index (χ0n) is 10.2. The first kappa shape index (κ1) is 13.2. The largest absolute Gasteiger partial charge is 0.384 e. The summed E-state index contributed by atoms with van der Waals surface area (Å²) in [6.45, 7) is 1.65. The summed E-state index contributed by atoms with van der Waals surface area (Å²) in [6.07, 6.45) is 0. The summed E-state index contributed by atoms with van der Waals surface area (Å²) in [4.78, 5) is 11.9. The Labute approximate surface area is 101 Å². The Bertz CT molecular complexity index is 470. The van der Waals surface area contributed by atoms with E-state index in [1.165, 1.54) is 0 Å². The summed E-state index contributed by atoms with van der Waals surface area (Å²) in [5.41, 5.74) is 4.83. The highest BCUT2D eigenvalue weighted by Crippen LogP contribution is 2.12. The molecule has 0 unspecified atom stereocenters. The van der Waals surface area contributed by atoms with Gasteiger partial charge in [0.05, 0.1) is 0 Å². The van der Waals surface area contributed by atoms with E-state index >= 15 is 0 Å². The van der Waals surface area contributed by atoms with Crippen molar-refractivity contribution >= 4 is 5.91 Å². The molecular formula is C13H16N2O2. The number of amides is 1. The van der Waals surface area contributed by atoms with E-state index in [4.69, 9.17) is 5.11 Å². The van der Waals surface area contributed by atoms with Gasteiger partial charge in [-0.1, -0.05) is 17.9 Å². The van der Waals surface area contributed by atoms with Gasteiger partial charge in [0.2, 0.25) is 0 Å². The average Bonchev–Trinajstić information content (AvgIpc) is 2.26. The van der Waals surface area contributed by atoms with Crippen LogP contribution in [-0.2, 0) is 0 Å². The molecule has 0 spiro atoms. The Morgan fingerprint density at radius 2 is 2.18 bits per heavy atom. The van der Waals surface area contributed by atoms with Crippen LogP contribution in [-0.4, -0.2) is 36.7 Å². The minimum absolute atomic E-state index is 0.167. The van der Waals surface area contributed by atoms with Crippen LogP contribution in [0, 0.1) is 18.8 Å². The van der Waals surface area contributed by atoms with Crippen molar-refractivity contribution in [1.82, 2.24) is 10.4 Å². The Kier molecular flexibility index (Phi) is 4.70. The molecule has 0 bridgehead atoms. The highest BCUT2D eigenvalue weighted by Gasteiger charge is 2.10. The van der Waals surface area contributed by atoms with Gasteiger partial charge in [0, 0.05) is 25.2 Å². The predicted octanol–water partition coefficient (Wildman–Crippen LogP) is 0.545. The van der Waals surface area contributed by atoms with E-state index in [0.717, 1.165) is 11.1 Å². The van der Waals surface area contributed by atoms with Crippen LogP contribution in [0.15, 0.2) is 18.2 Å². The third kappa shape index (κ3) is 3.59. The van der Waals surface area contributed by atoms with Crippen molar-refractivity contribution in [2.45, 2.75) is 6.92 Å². The molecule has 90 valence electrons. The standard InChI is InChI=1S/C13H16N2O2/c1-10-11(7-5-9-16)6-4-8-12(10)13(17)14-15(2)3/h4,6,8,16H,9H2,1-3H3,(H,14,17). The van der Waals surface area contributed by atoms with E-state index in [2.05, 4.69) is 17.3 Å². The first-order valence-electron chi connectivity index (χ1n) is 5.24. The first-order valence-corrected chi connectivity index (χ1v) is 5.24. The van der Waals surface area contributed by atoms with Gasteiger partial charge in [0.25, 0.3) is 5.91 Å². The van der Waals surface area contributed by atoms with Gasteiger partial charge in [-0.05, 0) is 24.6 Å². The second-order valence-corrected chi connectivity index (χ2v) is 3.77. The molecule has 4 heteroatoms. The predicted molar refractivity (Wildman–Crippen MR) is 66.3 cm³/mol. The lowest BCUT2D eigenvalue weighted by Gasteiger charge is -2.13.